The number of imide groups is 4. The fourth-order valence-corrected chi connectivity index (χ4v) is 13.3. The summed E-state index contributed by atoms with van der Waals surface area (Å²) in [5.41, 5.74) is 1.83. The molecule has 8 aliphatic rings. The quantitative estimate of drug-likeness (QED) is 0.0196. The molecule has 0 aromatic carbocycles. The van der Waals surface area contributed by atoms with Gasteiger partial charge in [-0.2, -0.15) is 0 Å². The Balaban J connectivity index is 0.000000737. The lowest BCUT2D eigenvalue weighted by Gasteiger charge is -2.49. The number of carbonyl (C=O) groups is 16. The second-order valence-electron chi connectivity index (χ2n) is 29.4. The predicted octanol–water partition coefficient (Wildman–Crippen LogP) is 11.2. The molecule has 0 aliphatic heterocycles. The van der Waals surface area contributed by atoms with Crippen LogP contribution in [0.4, 0.5) is 38.4 Å². The van der Waals surface area contributed by atoms with E-state index in [4.69, 9.17) is 56.8 Å². The minimum absolute atomic E-state index is 0.0146. The van der Waals surface area contributed by atoms with Crippen molar-refractivity contribution in [3.63, 3.8) is 0 Å². The molecular weight excluding hydrogens is 1570 g/mol. The van der Waals surface area contributed by atoms with Gasteiger partial charge < -0.3 is 78.1 Å². The fraction of sp³-hybridized carbons (Fsp3) is 0.619. The van der Waals surface area contributed by atoms with Crippen molar-refractivity contribution in [1.29, 1.82) is 0 Å². The van der Waals surface area contributed by atoms with Gasteiger partial charge in [-0.3, -0.25) is 0 Å². The Labute approximate surface area is 704 Å². The van der Waals surface area contributed by atoms with Crippen molar-refractivity contribution in [3.05, 3.63) is 97.2 Å². The van der Waals surface area contributed by atoms with Crippen LogP contribution in [0.3, 0.4) is 0 Å². The van der Waals surface area contributed by atoms with E-state index in [2.05, 4.69) is 73.9 Å². The molecule has 8 rings (SSSR count). The third-order valence-electron chi connectivity index (χ3n) is 18.4. The lowest BCUT2D eigenvalue weighted by atomic mass is 9.56. The largest absolute Gasteiger partial charge is 0.460 e. The number of nitrogens with one attached hydrogen (secondary N) is 4. The molecule has 0 unspecified atom stereocenters. The topological polar surface area (TPSA) is 445 Å². The maximum Gasteiger partial charge on any atom is 0.418 e. The minimum atomic E-state index is -0.884. The highest BCUT2D eigenvalue weighted by Gasteiger charge is 2.43. The molecule has 12 amide bonds. The van der Waals surface area contributed by atoms with Crippen LogP contribution >= 0.6 is 0 Å². The van der Waals surface area contributed by atoms with Gasteiger partial charge in [-0.1, -0.05) is 52.6 Å². The SMILES string of the molecule is C1C2CC3CC1CC(C2)C3.C1C2CC3CC1CC(C2)C3.C=C(C)C(=O)OCCNC(=O)N(CC)C(=O)OCCOC(=O)C(=C)C.C=C(C)C(=O)OCCNC(=O)N(CC)C(=O)OCCOC(=O)C(=C)C.C=C(C)C(=O)OCCNC(=O)N(CCOC(=O)C(=C)C)C(=O)OCC.C=C(C)C(=O)OCCNC(=O)N(CCOC(=O)C(=C)C)C(=O)OCC. The fourth-order valence-electron chi connectivity index (χ4n) is 13.3. The van der Waals surface area contributed by atoms with Gasteiger partial charge >= 0.3 is 96.3 Å². The lowest BCUT2D eigenvalue weighted by molar-refractivity contribution is -0.140. The first kappa shape index (κ1) is 107. The summed E-state index contributed by atoms with van der Waals surface area (Å²) in [6.45, 7) is 44.2. The van der Waals surface area contributed by atoms with Gasteiger partial charge in [0.05, 0.1) is 52.5 Å². The van der Waals surface area contributed by atoms with Crippen molar-refractivity contribution in [2.75, 3.05) is 132 Å². The maximum atomic E-state index is 12.0. The Kier molecular flexibility index (Phi) is 52.0. The first-order valence-electron chi connectivity index (χ1n) is 40.1. The molecule has 4 N–H and O–H groups in total. The maximum absolute atomic E-state index is 12.0. The summed E-state index contributed by atoms with van der Waals surface area (Å²) >= 11 is 0. The zero-order valence-corrected chi connectivity index (χ0v) is 72.1. The number of ether oxygens (including phenoxy) is 12. The van der Waals surface area contributed by atoms with Crippen molar-refractivity contribution in [3.8, 4) is 0 Å². The molecule has 36 heteroatoms. The standard InChI is InChI=1S/4C16H24N2O7.2C10H16/c2*1-6-23-16(22)18(8-10-25-14(20)12(4)5)15(21)17-7-9-24-13(19)11(2)3;2*1-6-18(15(21)17-7-8-23-13(19)11(2)3)16(22)25-10-9-24-14(20)12(4)5;2*1-7-2-9-4-8(1)5-10(3-7)6-9/h4*2,4,6-10H2,1,3,5H3,(H,17,21);2*7-10H,1-6H2. The monoisotopic (exact) mass is 1700 g/mol. The highest BCUT2D eigenvalue weighted by Crippen LogP contribution is 2.54. The summed E-state index contributed by atoms with van der Waals surface area (Å²) in [4.78, 5) is 188. The number of hydrogen-bond donors (Lipinski definition) is 4. The Hall–Kier alpha value is -11.4. The first-order chi connectivity index (χ1) is 56.6. The molecule has 120 heavy (non-hydrogen) atoms. The van der Waals surface area contributed by atoms with E-state index in [0.29, 0.717) is 0 Å². The molecule has 0 radical (unpaired) electrons. The summed E-state index contributed by atoms with van der Waals surface area (Å²) < 4.78 is 57.7. The molecular formula is C84H128N8O28. The van der Waals surface area contributed by atoms with Crippen molar-refractivity contribution < 1.29 is 134 Å². The Morgan fingerprint density at radius 3 is 0.567 bits per heavy atom. The van der Waals surface area contributed by atoms with Gasteiger partial charge in [0.1, 0.15) is 66.1 Å². The normalized spacial score (nSPS) is 17.6. The molecule has 8 bridgehead atoms. The van der Waals surface area contributed by atoms with Gasteiger partial charge in [0.2, 0.25) is 0 Å². The second kappa shape index (κ2) is 58.5. The van der Waals surface area contributed by atoms with Crippen LogP contribution in [0.5, 0.6) is 0 Å². The van der Waals surface area contributed by atoms with E-state index < -0.39 is 96.3 Å². The van der Waals surface area contributed by atoms with Crippen LogP contribution in [0.15, 0.2) is 97.2 Å². The summed E-state index contributed by atoms with van der Waals surface area (Å²) in [6, 6.07) is -2.93. The van der Waals surface area contributed by atoms with Crippen LogP contribution < -0.4 is 21.3 Å². The van der Waals surface area contributed by atoms with Gasteiger partial charge in [-0.25, -0.2) is 96.3 Å². The number of carbonyl (C=O) groups excluding carboxylic acids is 16. The molecule has 8 aliphatic carbocycles. The number of rotatable bonds is 36. The summed E-state index contributed by atoms with van der Waals surface area (Å²) in [6.07, 6.45) is 15.7. The average Bonchev–Trinajstić information content (AvgIpc) is 0.795. The molecule has 0 atom stereocenters. The number of amides is 12. The van der Waals surface area contributed by atoms with E-state index in [9.17, 15) is 76.7 Å². The third kappa shape index (κ3) is 43.9. The number of nitrogens with zero attached hydrogens (tertiary/aromatic N) is 4. The van der Waals surface area contributed by atoms with E-state index in [1.54, 1.807) is 105 Å². The van der Waals surface area contributed by atoms with Crippen molar-refractivity contribution in [1.82, 2.24) is 40.9 Å². The van der Waals surface area contributed by atoms with Gasteiger partial charge in [0, 0.05) is 57.7 Å². The highest BCUT2D eigenvalue weighted by molar-refractivity contribution is 5.94. The van der Waals surface area contributed by atoms with Gasteiger partial charge in [-0.05, 0) is 207 Å². The molecule has 0 spiro atoms. The smallest absolute Gasteiger partial charge is 0.418 e. The van der Waals surface area contributed by atoms with Crippen molar-refractivity contribution in [2.24, 2.45) is 47.3 Å². The first-order valence-corrected chi connectivity index (χ1v) is 40.1. The predicted molar refractivity (Wildman–Crippen MR) is 438 cm³/mol. The molecule has 8 fully saturated rings. The van der Waals surface area contributed by atoms with Gasteiger partial charge in [-0.15, -0.1) is 0 Å². The van der Waals surface area contributed by atoms with E-state index in [1.165, 1.54) is 103 Å². The lowest BCUT2D eigenvalue weighted by Crippen LogP contribution is -2.46. The van der Waals surface area contributed by atoms with Gasteiger partial charge in [0.25, 0.3) is 0 Å². The van der Waals surface area contributed by atoms with Crippen molar-refractivity contribution >= 4 is 96.3 Å². The van der Waals surface area contributed by atoms with E-state index in [1.807, 2.05) is 0 Å². The zero-order valence-electron chi connectivity index (χ0n) is 72.1. The molecule has 0 aromatic heterocycles. The Morgan fingerprint density at radius 1 is 0.233 bits per heavy atom. The van der Waals surface area contributed by atoms with Crippen LogP contribution in [0.2, 0.25) is 0 Å². The van der Waals surface area contributed by atoms with E-state index in [0.717, 1.165) is 19.6 Å². The Morgan fingerprint density at radius 2 is 0.392 bits per heavy atom. The molecule has 0 aromatic rings. The number of hydrogen-bond acceptors (Lipinski definition) is 28. The zero-order chi connectivity index (χ0) is 90.7. The van der Waals surface area contributed by atoms with Gasteiger partial charge in [0.15, 0.2) is 0 Å². The molecule has 8 saturated carbocycles. The minimum Gasteiger partial charge on any atom is -0.460 e. The van der Waals surface area contributed by atoms with Crippen LogP contribution in [-0.4, -0.2) is 247 Å². The van der Waals surface area contributed by atoms with Crippen LogP contribution in [0, 0.1) is 47.3 Å². The summed E-state index contributed by atoms with van der Waals surface area (Å²) in [7, 11) is 0. The third-order valence-corrected chi connectivity index (χ3v) is 18.4. The Bertz CT molecular complexity index is 3170. The van der Waals surface area contributed by atoms with Crippen molar-refractivity contribution in [2.45, 2.75) is 160 Å². The average molecular weight is 1700 g/mol. The van der Waals surface area contributed by atoms with E-state index >= 15 is 0 Å². The molecule has 36 nitrogen and oxygen atoms in total. The molecule has 0 heterocycles. The number of urea groups is 4. The van der Waals surface area contributed by atoms with Crippen LogP contribution in [0.25, 0.3) is 0 Å². The summed E-state index contributed by atoms with van der Waals surface area (Å²) in [5, 5.41) is 9.63. The van der Waals surface area contributed by atoms with Crippen LogP contribution in [-0.2, 0) is 95.2 Å². The van der Waals surface area contributed by atoms with E-state index in [-0.39, 0.29) is 176 Å². The molecule has 672 valence electrons. The highest BCUT2D eigenvalue weighted by atomic mass is 16.6. The molecule has 0 saturated heterocycles. The second-order valence-corrected chi connectivity index (χ2v) is 29.4. The summed E-state index contributed by atoms with van der Waals surface area (Å²) in [5.74, 6) is 4.68. The van der Waals surface area contributed by atoms with Crippen LogP contribution in [0.1, 0.15) is 160 Å². The number of esters is 8.